The minimum atomic E-state index is -4.93. The average Bonchev–Trinajstić information content (AvgIpc) is 3.72. The summed E-state index contributed by atoms with van der Waals surface area (Å²) in [7, 11) is -14.6. The molecule has 0 unspecified atom stereocenters. The number of phenols is 2. The number of hydrogen-bond acceptors (Lipinski definition) is 17. The lowest BCUT2D eigenvalue weighted by molar-refractivity contribution is -0.385. The lowest BCUT2D eigenvalue weighted by Gasteiger charge is -2.07. The average molecular weight is 953 g/mol. The van der Waals surface area contributed by atoms with Crippen molar-refractivity contribution in [1.29, 1.82) is 0 Å². The molecular weight excluding hydrogens is 925 g/mol. The molecule has 0 atom stereocenters. The van der Waals surface area contributed by atoms with Gasteiger partial charge in [-0.3, -0.25) is 23.8 Å². The molecule has 0 spiro atoms. The lowest BCUT2D eigenvalue weighted by atomic mass is 10.1. The summed E-state index contributed by atoms with van der Waals surface area (Å²) in [5, 5.41) is 69.1. The fraction of sp³-hybridized carbons (Fsp3) is 0.0244. The maximum atomic E-state index is 12.1. The summed E-state index contributed by atoms with van der Waals surface area (Å²) in [4.78, 5) is 9.29. The predicted molar refractivity (Wildman–Crippen MR) is 236 cm³/mol. The summed E-state index contributed by atoms with van der Waals surface area (Å²) in [5.41, 5.74) is 1.28. The molecule has 0 aliphatic rings. The van der Waals surface area contributed by atoms with Gasteiger partial charge in [-0.2, -0.15) is 40.3 Å². The molecule has 25 heteroatoms. The number of rotatable bonds is 12. The van der Waals surface area contributed by atoms with Crippen molar-refractivity contribution < 1.29 is 59.2 Å². The largest absolute Gasteiger partial charge is 0.506 e. The monoisotopic (exact) mass is 952 g/mol. The van der Waals surface area contributed by atoms with E-state index in [4.69, 9.17) is 0 Å². The summed E-state index contributed by atoms with van der Waals surface area (Å²) in [6, 6.07) is 24.0. The Balaban J connectivity index is 1.01. The first kappa shape index (κ1) is 44.7. The van der Waals surface area contributed by atoms with Gasteiger partial charge in [-0.05, 0) is 83.2 Å². The highest BCUT2D eigenvalue weighted by molar-refractivity contribution is 7.87. The smallest absolute Gasteiger partial charge is 0.295 e. The normalized spacial score (nSPS) is 12.7. The van der Waals surface area contributed by atoms with Gasteiger partial charge in [0.2, 0.25) is 0 Å². The van der Waals surface area contributed by atoms with Gasteiger partial charge in [0.15, 0.2) is 5.75 Å². The summed E-state index contributed by atoms with van der Waals surface area (Å²) >= 11 is 0. The molecule has 0 aliphatic carbocycles. The number of benzene rings is 7. The zero-order valence-corrected chi connectivity index (χ0v) is 35.5. The van der Waals surface area contributed by atoms with Crippen LogP contribution in [0, 0.1) is 10.1 Å². The number of phenolic OH excluding ortho intramolecular Hbond substituents is 2. The van der Waals surface area contributed by atoms with Crippen molar-refractivity contribution in [2.75, 3.05) is 0 Å². The number of non-ortho nitro benzene ring substituents is 1. The van der Waals surface area contributed by atoms with Gasteiger partial charge in [0, 0.05) is 39.9 Å². The van der Waals surface area contributed by atoms with Gasteiger partial charge in [0.05, 0.1) is 33.5 Å². The van der Waals surface area contributed by atoms with Crippen molar-refractivity contribution in [3.63, 3.8) is 0 Å². The van der Waals surface area contributed by atoms with Crippen LogP contribution in [0.2, 0.25) is 0 Å². The zero-order valence-electron chi connectivity index (χ0n) is 33.0. The SMILES string of the molecule is O=[N+]([O-])c1ccc(C=Cc2ccc(N=Nc3cc(O)c(N=Nc4ccc5cc(-n6nc7ccc8c(S(=O)(=O)O)cc(S(=O)(=O)O)cc8c7n6)ccc5c4O)cc3CO)cc2)c(S(=O)(=O)O)c1. The Hall–Kier alpha value is -7.91. The Labute approximate surface area is 371 Å². The Morgan fingerprint density at radius 2 is 1.33 bits per heavy atom. The minimum absolute atomic E-state index is 0.00701. The molecule has 8 aromatic rings. The third kappa shape index (κ3) is 9.06. The van der Waals surface area contributed by atoms with Crippen LogP contribution >= 0.6 is 0 Å². The molecule has 334 valence electrons. The number of hydrogen-bond donors (Lipinski definition) is 6. The summed E-state index contributed by atoms with van der Waals surface area (Å²) in [6.07, 6.45) is 2.87. The van der Waals surface area contributed by atoms with E-state index >= 15 is 0 Å². The second kappa shape index (κ2) is 16.9. The Kier molecular flexibility index (Phi) is 11.4. The molecule has 0 aliphatic heterocycles. The Morgan fingerprint density at radius 1 is 0.636 bits per heavy atom. The Bertz CT molecular complexity index is 3780. The van der Waals surface area contributed by atoms with E-state index in [-0.39, 0.29) is 61.5 Å². The molecule has 66 heavy (non-hydrogen) atoms. The maximum Gasteiger partial charge on any atom is 0.295 e. The van der Waals surface area contributed by atoms with E-state index < -0.39 is 62.3 Å². The van der Waals surface area contributed by atoms with Crippen molar-refractivity contribution in [1.82, 2.24) is 15.0 Å². The first-order valence-electron chi connectivity index (χ1n) is 18.6. The van der Waals surface area contributed by atoms with Gasteiger partial charge in [-0.15, -0.1) is 20.4 Å². The number of aliphatic hydroxyl groups is 1. The quantitative estimate of drug-likeness (QED) is 0.0220. The van der Waals surface area contributed by atoms with Gasteiger partial charge in [0.1, 0.15) is 37.9 Å². The van der Waals surface area contributed by atoms with E-state index in [1.54, 1.807) is 42.5 Å². The maximum absolute atomic E-state index is 12.1. The van der Waals surface area contributed by atoms with Crippen LogP contribution in [0.25, 0.3) is 50.4 Å². The van der Waals surface area contributed by atoms with Crippen molar-refractivity contribution in [3.8, 4) is 17.2 Å². The molecule has 22 nitrogen and oxygen atoms in total. The lowest BCUT2D eigenvalue weighted by Crippen LogP contribution is -2.04. The van der Waals surface area contributed by atoms with Gasteiger partial charge in [-0.1, -0.05) is 36.4 Å². The fourth-order valence-electron chi connectivity index (χ4n) is 6.69. The standard InChI is InChI=1S/C41H28N8O14S3/c50-21-25-16-36(37(51)20-35(25)44-42-26-7-2-22(3-8-26)1-4-23-5-9-28(49(53)54)17-38(23)65(58,59)60)45-43-34-13-6-24-15-27(10-11-30(24)41(34)52)48-46-33-14-12-31-32(40(33)47-48)18-29(64(55,56)57)19-39(31)66(61,62)63/h1-20,50-52H,21H2,(H,55,56,57)(H,58,59,60)(H,61,62,63). The molecule has 0 bridgehead atoms. The second-order valence-corrected chi connectivity index (χ2v) is 18.3. The van der Waals surface area contributed by atoms with Gasteiger partial charge < -0.3 is 15.3 Å². The number of nitro benzene ring substituents is 1. The number of fused-ring (bicyclic) bond motifs is 4. The molecule has 0 radical (unpaired) electrons. The summed E-state index contributed by atoms with van der Waals surface area (Å²) in [6.45, 7) is -0.535. The predicted octanol–water partition coefficient (Wildman–Crippen LogP) is 8.28. The van der Waals surface area contributed by atoms with Crippen molar-refractivity contribution in [3.05, 3.63) is 136 Å². The van der Waals surface area contributed by atoms with E-state index in [1.807, 2.05) is 0 Å². The molecule has 1 aromatic heterocycles. The summed E-state index contributed by atoms with van der Waals surface area (Å²) in [5.74, 6) is -0.674. The van der Waals surface area contributed by atoms with E-state index in [0.717, 1.165) is 18.2 Å². The third-order valence-corrected chi connectivity index (χ3v) is 12.5. The van der Waals surface area contributed by atoms with Crippen molar-refractivity contribution in [2.24, 2.45) is 20.5 Å². The first-order chi connectivity index (χ1) is 31.2. The fourth-order valence-corrected chi connectivity index (χ4v) is 8.73. The highest BCUT2D eigenvalue weighted by Gasteiger charge is 2.23. The first-order valence-corrected chi connectivity index (χ1v) is 22.9. The van der Waals surface area contributed by atoms with Crippen molar-refractivity contribution in [2.45, 2.75) is 21.3 Å². The molecule has 0 amide bonds. The van der Waals surface area contributed by atoms with Crippen LogP contribution in [0.15, 0.2) is 144 Å². The van der Waals surface area contributed by atoms with Crippen LogP contribution in [0.1, 0.15) is 16.7 Å². The minimum Gasteiger partial charge on any atom is -0.506 e. The van der Waals surface area contributed by atoms with Crippen molar-refractivity contribution >= 4 is 104 Å². The Morgan fingerprint density at radius 3 is 2.02 bits per heavy atom. The van der Waals surface area contributed by atoms with E-state index in [0.29, 0.717) is 33.8 Å². The van der Waals surface area contributed by atoms with Crippen LogP contribution in [-0.4, -0.2) is 74.1 Å². The van der Waals surface area contributed by atoms with E-state index in [1.165, 1.54) is 59.4 Å². The van der Waals surface area contributed by atoms with Gasteiger partial charge >= 0.3 is 0 Å². The van der Waals surface area contributed by atoms with Crippen LogP contribution in [0.5, 0.6) is 11.5 Å². The van der Waals surface area contributed by atoms with Crippen LogP contribution in [0.3, 0.4) is 0 Å². The molecule has 8 rings (SSSR count). The molecular formula is C41H28N8O14S3. The third-order valence-electron chi connectivity index (χ3n) is 9.90. The van der Waals surface area contributed by atoms with Gasteiger partial charge in [-0.25, -0.2) is 0 Å². The van der Waals surface area contributed by atoms with Crippen LogP contribution < -0.4 is 0 Å². The molecule has 0 fully saturated rings. The number of aromatic nitrogens is 3. The van der Waals surface area contributed by atoms with Crippen LogP contribution in [0.4, 0.5) is 28.4 Å². The molecule has 0 saturated heterocycles. The highest BCUT2D eigenvalue weighted by atomic mass is 32.2. The second-order valence-electron chi connectivity index (χ2n) is 14.1. The number of nitrogens with zero attached hydrogens (tertiary/aromatic N) is 8. The summed E-state index contributed by atoms with van der Waals surface area (Å²) < 4.78 is 101. The highest BCUT2D eigenvalue weighted by Crippen LogP contribution is 2.40. The number of aliphatic hydroxyl groups excluding tert-OH is 1. The number of nitro groups is 1. The molecule has 0 saturated carbocycles. The van der Waals surface area contributed by atoms with Crippen LogP contribution in [-0.2, 0) is 37.0 Å². The topological polar surface area (TPSA) is 347 Å². The van der Waals surface area contributed by atoms with E-state index in [9.17, 15) is 64.3 Å². The number of aromatic hydroxyl groups is 2. The molecule has 6 N–H and O–H groups in total. The van der Waals surface area contributed by atoms with Gasteiger partial charge in [0.25, 0.3) is 36.0 Å². The van der Waals surface area contributed by atoms with E-state index in [2.05, 4.69) is 30.7 Å². The molecule has 1 heterocycles. The zero-order chi connectivity index (χ0) is 47.3. The molecule has 7 aromatic carbocycles. The number of azo groups is 2.